The van der Waals surface area contributed by atoms with Crippen LogP contribution in [0.1, 0.15) is 23.6 Å². The van der Waals surface area contributed by atoms with Crippen LogP contribution < -0.4 is 10.6 Å². The Labute approximate surface area is 90.7 Å². The van der Waals surface area contributed by atoms with Gasteiger partial charge in [0.1, 0.15) is 0 Å². The van der Waals surface area contributed by atoms with Crippen LogP contribution >= 0.6 is 11.3 Å². The molecule has 0 bridgehead atoms. The van der Waals surface area contributed by atoms with Gasteiger partial charge in [0, 0.05) is 28.9 Å². The summed E-state index contributed by atoms with van der Waals surface area (Å²) in [6, 6.07) is 4.99. The van der Waals surface area contributed by atoms with Gasteiger partial charge >= 0.3 is 0 Å². The van der Waals surface area contributed by atoms with Crippen LogP contribution in [0.5, 0.6) is 0 Å². The minimum absolute atomic E-state index is 0.542. The molecule has 0 saturated carbocycles. The summed E-state index contributed by atoms with van der Waals surface area (Å²) in [4.78, 5) is 2.91. The van der Waals surface area contributed by atoms with Crippen molar-refractivity contribution in [1.29, 1.82) is 0 Å². The number of rotatable bonds is 6. The number of hydrogen-bond acceptors (Lipinski definition) is 3. The molecule has 1 aromatic rings. The van der Waals surface area contributed by atoms with Gasteiger partial charge in [0.25, 0.3) is 0 Å². The molecule has 14 heavy (non-hydrogen) atoms. The Kier molecular flexibility index (Phi) is 5.15. The maximum atomic E-state index is 3.44. The van der Waals surface area contributed by atoms with E-state index < -0.39 is 0 Å². The van der Waals surface area contributed by atoms with Crippen molar-refractivity contribution >= 4 is 11.3 Å². The molecule has 1 aromatic heterocycles. The highest BCUT2D eigenvalue weighted by Crippen LogP contribution is 2.16. The molecule has 80 valence electrons. The molecule has 0 amide bonds. The van der Waals surface area contributed by atoms with Crippen molar-refractivity contribution in [1.82, 2.24) is 10.6 Å². The fourth-order valence-corrected chi connectivity index (χ4v) is 2.15. The second-order valence-corrected chi connectivity index (χ2v) is 4.80. The largest absolute Gasteiger partial charge is 0.316 e. The molecule has 1 atom stereocenters. The summed E-state index contributed by atoms with van der Waals surface area (Å²) in [5, 5.41) is 6.65. The van der Waals surface area contributed by atoms with E-state index in [-0.39, 0.29) is 0 Å². The molecule has 1 rings (SSSR count). The molecule has 0 aliphatic rings. The molecule has 1 unspecified atom stereocenters. The first kappa shape index (κ1) is 11.7. The van der Waals surface area contributed by atoms with Crippen molar-refractivity contribution in [3.63, 3.8) is 0 Å². The summed E-state index contributed by atoms with van der Waals surface area (Å²) < 4.78 is 0. The van der Waals surface area contributed by atoms with Crippen LogP contribution in [-0.4, -0.2) is 19.6 Å². The van der Waals surface area contributed by atoms with Crippen LogP contribution in [0.2, 0.25) is 0 Å². The van der Waals surface area contributed by atoms with Gasteiger partial charge in [-0.25, -0.2) is 0 Å². The third-order valence-electron chi connectivity index (χ3n) is 2.31. The van der Waals surface area contributed by atoms with Crippen molar-refractivity contribution < 1.29 is 0 Å². The van der Waals surface area contributed by atoms with Gasteiger partial charge < -0.3 is 10.6 Å². The third kappa shape index (κ3) is 3.78. The molecule has 0 fully saturated rings. The standard InChI is InChI=1S/C11H20N2S/c1-4-10-5-6-11(14-10)8-13-7-9(2)12-3/h5-6,9,12-13H,4,7-8H2,1-3H3. The van der Waals surface area contributed by atoms with E-state index >= 15 is 0 Å². The highest BCUT2D eigenvalue weighted by atomic mass is 32.1. The minimum atomic E-state index is 0.542. The van der Waals surface area contributed by atoms with Crippen molar-refractivity contribution in [2.24, 2.45) is 0 Å². The molecule has 0 aliphatic heterocycles. The number of aryl methyl sites for hydroxylation is 1. The van der Waals surface area contributed by atoms with Crippen LogP contribution in [0.3, 0.4) is 0 Å². The van der Waals surface area contributed by atoms with Crippen molar-refractivity contribution in [2.45, 2.75) is 32.9 Å². The van der Waals surface area contributed by atoms with Gasteiger partial charge in [-0.1, -0.05) is 6.92 Å². The monoisotopic (exact) mass is 212 g/mol. The second kappa shape index (κ2) is 6.17. The third-order valence-corrected chi connectivity index (χ3v) is 3.54. The van der Waals surface area contributed by atoms with E-state index in [2.05, 4.69) is 36.6 Å². The molecule has 2 nitrogen and oxygen atoms in total. The molecule has 0 radical (unpaired) electrons. The molecule has 0 spiro atoms. The Hall–Kier alpha value is -0.380. The van der Waals surface area contributed by atoms with E-state index in [1.165, 1.54) is 9.75 Å². The van der Waals surface area contributed by atoms with Crippen molar-refractivity contribution in [2.75, 3.05) is 13.6 Å². The fourth-order valence-electron chi connectivity index (χ4n) is 1.22. The van der Waals surface area contributed by atoms with E-state index in [9.17, 15) is 0 Å². The molecule has 1 heterocycles. The highest BCUT2D eigenvalue weighted by Gasteiger charge is 1.99. The average molecular weight is 212 g/mol. The average Bonchev–Trinajstić information content (AvgIpc) is 2.65. The van der Waals surface area contributed by atoms with Crippen LogP contribution in [0, 0.1) is 0 Å². The van der Waals surface area contributed by atoms with E-state index in [1.54, 1.807) is 0 Å². The number of likely N-dealkylation sites (N-methyl/N-ethyl adjacent to an activating group) is 1. The topological polar surface area (TPSA) is 24.1 Å². The van der Waals surface area contributed by atoms with Gasteiger partial charge in [-0.2, -0.15) is 0 Å². The predicted octanol–water partition coefficient (Wildman–Crippen LogP) is 2.01. The minimum Gasteiger partial charge on any atom is -0.316 e. The highest BCUT2D eigenvalue weighted by molar-refractivity contribution is 7.11. The Morgan fingerprint density at radius 2 is 2.07 bits per heavy atom. The summed E-state index contributed by atoms with van der Waals surface area (Å²) in [5.41, 5.74) is 0. The predicted molar refractivity (Wildman–Crippen MR) is 63.9 cm³/mol. The molecule has 0 aromatic carbocycles. The van der Waals surface area contributed by atoms with E-state index in [0.717, 1.165) is 19.5 Å². The van der Waals surface area contributed by atoms with Crippen LogP contribution in [0.4, 0.5) is 0 Å². The van der Waals surface area contributed by atoms with Crippen molar-refractivity contribution in [3.8, 4) is 0 Å². The zero-order chi connectivity index (χ0) is 10.4. The first-order valence-corrected chi connectivity index (χ1v) is 6.03. The molecule has 0 saturated heterocycles. The van der Waals surface area contributed by atoms with Gasteiger partial charge in [-0.15, -0.1) is 11.3 Å². The smallest absolute Gasteiger partial charge is 0.0300 e. The Bertz CT molecular complexity index is 258. The van der Waals surface area contributed by atoms with Gasteiger partial charge in [-0.05, 0) is 32.5 Å². The SMILES string of the molecule is CCc1ccc(CNCC(C)NC)s1. The normalized spacial score (nSPS) is 13.1. The summed E-state index contributed by atoms with van der Waals surface area (Å²) in [6.07, 6.45) is 1.15. The maximum absolute atomic E-state index is 3.44. The maximum Gasteiger partial charge on any atom is 0.0300 e. The van der Waals surface area contributed by atoms with E-state index in [1.807, 2.05) is 18.4 Å². The molecular formula is C11H20N2S. The van der Waals surface area contributed by atoms with Gasteiger partial charge in [0.05, 0.1) is 0 Å². The molecular weight excluding hydrogens is 192 g/mol. The first-order chi connectivity index (χ1) is 6.76. The number of thiophene rings is 1. The van der Waals surface area contributed by atoms with Gasteiger partial charge in [-0.3, -0.25) is 0 Å². The summed E-state index contributed by atoms with van der Waals surface area (Å²) in [6.45, 7) is 6.40. The Morgan fingerprint density at radius 3 is 2.64 bits per heavy atom. The summed E-state index contributed by atoms with van der Waals surface area (Å²) in [7, 11) is 1.99. The lowest BCUT2D eigenvalue weighted by molar-refractivity contribution is 0.543. The lowest BCUT2D eigenvalue weighted by atomic mass is 10.3. The Balaban J connectivity index is 2.24. The molecule has 2 N–H and O–H groups in total. The van der Waals surface area contributed by atoms with Gasteiger partial charge in [0.15, 0.2) is 0 Å². The van der Waals surface area contributed by atoms with Crippen LogP contribution in [0.25, 0.3) is 0 Å². The van der Waals surface area contributed by atoms with Crippen LogP contribution in [0.15, 0.2) is 12.1 Å². The molecule has 3 heteroatoms. The summed E-state index contributed by atoms with van der Waals surface area (Å²) >= 11 is 1.91. The zero-order valence-corrected chi connectivity index (χ0v) is 10.1. The second-order valence-electron chi connectivity index (χ2n) is 3.54. The number of nitrogens with one attached hydrogen (secondary N) is 2. The summed E-state index contributed by atoms with van der Waals surface area (Å²) in [5.74, 6) is 0. The van der Waals surface area contributed by atoms with Gasteiger partial charge in [0.2, 0.25) is 0 Å². The lowest BCUT2D eigenvalue weighted by Crippen LogP contribution is -2.33. The van der Waals surface area contributed by atoms with Crippen molar-refractivity contribution in [3.05, 3.63) is 21.9 Å². The van der Waals surface area contributed by atoms with Crippen LogP contribution in [-0.2, 0) is 13.0 Å². The quantitative estimate of drug-likeness (QED) is 0.754. The fraction of sp³-hybridized carbons (Fsp3) is 0.636. The Morgan fingerprint density at radius 1 is 1.36 bits per heavy atom. The first-order valence-electron chi connectivity index (χ1n) is 5.21. The zero-order valence-electron chi connectivity index (χ0n) is 9.26. The lowest BCUT2D eigenvalue weighted by Gasteiger charge is -2.10. The molecule has 0 aliphatic carbocycles. The van der Waals surface area contributed by atoms with E-state index in [0.29, 0.717) is 6.04 Å². The number of hydrogen-bond donors (Lipinski definition) is 2. The van der Waals surface area contributed by atoms with E-state index in [4.69, 9.17) is 0 Å².